The van der Waals surface area contributed by atoms with E-state index in [9.17, 15) is 9.90 Å². The van der Waals surface area contributed by atoms with Crippen LogP contribution in [-0.2, 0) is 24.1 Å². The molecule has 106 valence electrons. The lowest BCUT2D eigenvalue weighted by Crippen LogP contribution is -2.24. The molecule has 2 aromatic heterocycles. The zero-order chi connectivity index (χ0) is 14.1. The number of hydrogen-bond donors (Lipinski definition) is 0. The predicted octanol–water partition coefficient (Wildman–Crippen LogP) is 1.97. The Balaban J connectivity index is 2.13. The zero-order valence-electron chi connectivity index (χ0n) is 11.3. The maximum atomic E-state index is 10.7. The van der Waals surface area contributed by atoms with Crippen LogP contribution in [0.4, 0.5) is 0 Å². The molecule has 0 bridgehead atoms. The van der Waals surface area contributed by atoms with Crippen molar-refractivity contribution in [2.45, 2.75) is 44.1 Å². The largest absolute Gasteiger partial charge is 0.549 e. The topological polar surface area (TPSA) is 65.9 Å². The molecule has 20 heavy (non-hydrogen) atoms. The van der Waals surface area contributed by atoms with E-state index < -0.39 is 5.97 Å². The van der Waals surface area contributed by atoms with Crippen molar-refractivity contribution in [3.8, 4) is 0 Å². The van der Waals surface area contributed by atoms with Gasteiger partial charge < -0.3 is 9.90 Å². The summed E-state index contributed by atoms with van der Waals surface area (Å²) >= 11 is 3.01. The first-order chi connectivity index (χ1) is 9.69. The van der Waals surface area contributed by atoms with E-state index in [-0.39, 0.29) is 5.75 Å². The van der Waals surface area contributed by atoms with Gasteiger partial charge in [0, 0.05) is 22.4 Å². The third kappa shape index (κ3) is 2.54. The van der Waals surface area contributed by atoms with Crippen LogP contribution in [0.25, 0.3) is 10.2 Å². The van der Waals surface area contributed by atoms with Gasteiger partial charge in [0.05, 0.1) is 5.97 Å². The first-order valence-corrected chi connectivity index (χ1v) is 8.63. The number of carboxylic acid groups (broad SMARTS) is 1. The molecular formula is C14H15N2O2S2-. The number of rotatable bonds is 4. The average molecular weight is 307 g/mol. The molecule has 0 unspecified atom stereocenters. The number of carbonyl (C=O) groups excluding carboxylic acids is 1. The first kappa shape index (κ1) is 13.8. The molecular weight excluding hydrogens is 292 g/mol. The third-order valence-electron chi connectivity index (χ3n) is 3.47. The Morgan fingerprint density at radius 3 is 2.90 bits per heavy atom. The fraction of sp³-hybridized carbons (Fsp3) is 0.500. The number of aliphatic carboxylic acids is 1. The van der Waals surface area contributed by atoms with Gasteiger partial charge in [-0.2, -0.15) is 0 Å². The summed E-state index contributed by atoms with van der Waals surface area (Å²) in [5, 5.41) is 12.6. The monoisotopic (exact) mass is 307 g/mol. The highest BCUT2D eigenvalue weighted by Gasteiger charge is 2.21. The van der Waals surface area contributed by atoms with E-state index in [1.165, 1.54) is 35.0 Å². The first-order valence-electron chi connectivity index (χ1n) is 6.83. The van der Waals surface area contributed by atoms with Crippen LogP contribution in [0.1, 0.15) is 36.0 Å². The number of hydrogen-bond acceptors (Lipinski definition) is 6. The van der Waals surface area contributed by atoms with Crippen molar-refractivity contribution in [2.75, 3.05) is 5.75 Å². The standard InChI is InChI=1S/C14H16N2O2S2/c1-2-10-15-13(19-7-11(17)18)12-8-5-3-4-6-9(8)20-14(12)16-10/h2-7H2,1H3,(H,17,18)/p-1. The number of aromatic nitrogens is 2. The Kier molecular flexibility index (Phi) is 3.94. The van der Waals surface area contributed by atoms with E-state index in [2.05, 4.69) is 9.97 Å². The van der Waals surface area contributed by atoms with Crippen LogP contribution in [-0.4, -0.2) is 21.7 Å². The molecule has 4 nitrogen and oxygen atoms in total. The highest BCUT2D eigenvalue weighted by atomic mass is 32.2. The van der Waals surface area contributed by atoms with Crippen LogP contribution in [0.3, 0.4) is 0 Å². The second-order valence-corrected chi connectivity index (χ2v) is 6.90. The molecule has 1 aliphatic carbocycles. The summed E-state index contributed by atoms with van der Waals surface area (Å²) in [6.45, 7) is 2.02. The molecule has 0 spiro atoms. The van der Waals surface area contributed by atoms with Gasteiger partial charge in [-0.3, -0.25) is 0 Å². The molecule has 6 heteroatoms. The molecule has 3 rings (SSSR count). The molecule has 0 saturated heterocycles. The summed E-state index contributed by atoms with van der Waals surface area (Å²) < 4.78 is 0. The quantitative estimate of drug-likeness (QED) is 0.638. The number of aryl methyl sites for hydroxylation is 3. The number of carboxylic acids is 1. The molecule has 1 aliphatic rings. The number of fused-ring (bicyclic) bond motifs is 3. The SMILES string of the molecule is CCc1nc(SCC(=O)[O-])c2c3c(sc2n1)CCCC3. The van der Waals surface area contributed by atoms with Crippen molar-refractivity contribution in [1.29, 1.82) is 0 Å². The molecule has 0 atom stereocenters. The van der Waals surface area contributed by atoms with Crippen molar-refractivity contribution in [2.24, 2.45) is 0 Å². The predicted molar refractivity (Wildman–Crippen MR) is 79.2 cm³/mol. The molecule has 0 aromatic carbocycles. The maximum Gasteiger partial charge on any atom is 0.131 e. The van der Waals surface area contributed by atoms with Crippen molar-refractivity contribution < 1.29 is 9.90 Å². The van der Waals surface area contributed by atoms with Gasteiger partial charge >= 0.3 is 0 Å². The fourth-order valence-electron chi connectivity index (χ4n) is 2.56. The normalized spacial score (nSPS) is 14.4. The van der Waals surface area contributed by atoms with Crippen molar-refractivity contribution in [3.63, 3.8) is 0 Å². The van der Waals surface area contributed by atoms with Crippen LogP contribution in [0.2, 0.25) is 0 Å². The van der Waals surface area contributed by atoms with E-state index in [4.69, 9.17) is 0 Å². The third-order valence-corrected chi connectivity index (χ3v) is 5.61. The summed E-state index contributed by atoms with van der Waals surface area (Å²) in [5.41, 5.74) is 1.35. The van der Waals surface area contributed by atoms with E-state index in [1.54, 1.807) is 11.3 Å². The zero-order valence-corrected chi connectivity index (χ0v) is 12.9. The van der Waals surface area contributed by atoms with Gasteiger partial charge in [-0.05, 0) is 31.2 Å². The number of thiophene rings is 1. The van der Waals surface area contributed by atoms with Crippen LogP contribution < -0.4 is 5.11 Å². The number of thioether (sulfide) groups is 1. The molecule has 0 aliphatic heterocycles. The van der Waals surface area contributed by atoms with Gasteiger partial charge in [0.15, 0.2) is 0 Å². The molecule has 0 radical (unpaired) electrons. The molecule has 2 heterocycles. The summed E-state index contributed by atoms with van der Waals surface area (Å²) in [6, 6.07) is 0. The highest BCUT2D eigenvalue weighted by molar-refractivity contribution is 8.00. The number of nitrogens with zero attached hydrogens (tertiary/aromatic N) is 2. The number of carbonyl (C=O) groups is 1. The lowest BCUT2D eigenvalue weighted by Gasteiger charge is -2.12. The lowest BCUT2D eigenvalue weighted by molar-refractivity contribution is -0.301. The molecule has 0 N–H and O–H groups in total. The molecule has 0 saturated carbocycles. The summed E-state index contributed by atoms with van der Waals surface area (Å²) in [6.07, 6.45) is 5.36. The van der Waals surface area contributed by atoms with Crippen molar-refractivity contribution in [3.05, 3.63) is 16.3 Å². The second kappa shape index (κ2) is 5.69. The van der Waals surface area contributed by atoms with E-state index >= 15 is 0 Å². The highest BCUT2D eigenvalue weighted by Crippen LogP contribution is 2.39. The molecule has 0 amide bonds. The minimum Gasteiger partial charge on any atom is -0.549 e. The Bertz CT molecular complexity index is 667. The summed E-state index contributed by atoms with van der Waals surface area (Å²) in [5.74, 6) is -0.319. The van der Waals surface area contributed by atoms with Gasteiger partial charge in [-0.1, -0.05) is 18.7 Å². The van der Waals surface area contributed by atoms with Crippen molar-refractivity contribution >= 4 is 39.3 Å². The fourth-order valence-corrected chi connectivity index (χ4v) is 4.69. The maximum absolute atomic E-state index is 10.7. The lowest BCUT2D eigenvalue weighted by atomic mass is 9.97. The van der Waals surface area contributed by atoms with E-state index in [0.717, 1.165) is 40.3 Å². The van der Waals surface area contributed by atoms with Gasteiger partial charge in [-0.25, -0.2) is 9.97 Å². The Morgan fingerprint density at radius 2 is 2.15 bits per heavy atom. The smallest absolute Gasteiger partial charge is 0.131 e. The van der Waals surface area contributed by atoms with Gasteiger partial charge in [0.2, 0.25) is 0 Å². The summed E-state index contributed by atoms with van der Waals surface area (Å²) in [7, 11) is 0. The minimum atomic E-state index is -1.05. The van der Waals surface area contributed by atoms with Crippen LogP contribution >= 0.6 is 23.1 Å². The Morgan fingerprint density at radius 1 is 1.35 bits per heavy atom. The molecule has 0 fully saturated rings. The van der Waals surface area contributed by atoms with Gasteiger partial charge in [-0.15, -0.1) is 11.3 Å². The van der Waals surface area contributed by atoms with Crippen LogP contribution in [0.15, 0.2) is 5.03 Å². The van der Waals surface area contributed by atoms with E-state index in [0.29, 0.717) is 0 Å². The van der Waals surface area contributed by atoms with Crippen LogP contribution in [0.5, 0.6) is 0 Å². The van der Waals surface area contributed by atoms with Crippen molar-refractivity contribution in [1.82, 2.24) is 9.97 Å². The van der Waals surface area contributed by atoms with Crippen LogP contribution in [0, 0.1) is 0 Å². The average Bonchev–Trinajstić information content (AvgIpc) is 2.82. The minimum absolute atomic E-state index is 0.0557. The summed E-state index contributed by atoms with van der Waals surface area (Å²) in [4.78, 5) is 22.3. The van der Waals surface area contributed by atoms with E-state index in [1.807, 2.05) is 6.92 Å². The molecule has 2 aromatic rings. The Labute approximate surface area is 125 Å². The van der Waals surface area contributed by atoms with Gasteiger partial charge in [0.25, 0.3) is 0 Å². The van der Waals surface area contributed by atoms with Gasteiger partial charge in [0.1, 0.15) is 15.7 Å². The second-order valence-electron chi connectivity index (χ2n) is 4.85. The Hall–Kier alpha value is -1.14.